The normalized spacial score (nSPS) is 12.2. The lowest BCUT2D eigenvalue weighted by atomic mass is 10.2. The van der Waals surface area contributed by atoms with Crippen molar-refractivity contribution in [3.63, 3.8) is 0 Å². The van der Waals surface area contributed by atoms with Crippen molar-refractivity contribution in [2.75, 3.05) is 11.9 Å². The predicted octanol–water partition coefficient (Wildman–Crippen LogP) is 1.70. The van der Waals surface area contributed by atoms with Crippen LogP contribution < -0.4 is 5.32 Å². The second kappa shape index (κ2) is 4.75. The van der Waals surface area contributed by atoms with Gasteiger partial charge in [0.25, 0.3) is 5.69 Å². The summed E-state index contributed by atoms with van der Waals surface area (Å²) in [5.74, 6) is 0. The molecule has 0 heterocycles. The SMILES string of the molecule is Cc1ccc(NC(C)CO)c([N+](=O)[O-])c1. The van der Waals surface area contributed by atoms with Gasteiger partial charge in [-0.3, -0.25) is 10.1 Å². The first-order valence-corrected chi connectivity index (χ1v) is 4.67. The van der Waals surface area contributed by atoms with E-state index in [9.17, 15) is 10.1 Å². The highest BCUT2D eigenvalue weighted by molar-refractivity contribution is 5.62. The van der Waals surface area contributed by atoms with Crippen LogP contribution in [0.5, 0.6) is 0 Å². The van der Waals surface area contributed by atoms with Crippen LogP contribution in [0.25, 0.3) is 0 Å². The molecule has 5 nitrogen and oxygen atoms in total. The summed E-state index contributed by atoms with van der Waals surface area (Å²) in [6, 6.07) is 4.75. The van der Waals surface area contributed by atoms with Crippen molar-refractivity contribution in [3.8, 4) is 0 Å². The monoisotopic (exact) mass is 210 g/mol. The van der Waals surface area contributed by atoms with Gasteiger partial charge in [-0.15, -0.1) is 0 Å². The first kappa shape index (κ1) is 11.5. The van der Waals surface area contributed by atoms with Gasteiger partial charge in [0.1, 0.15) is 5.69 Å². The Balaban J connectivity index is 3.01. The highest BCUT2D eigenvalue weighted by Crippen LogP contribution is 2.25. The molecule has 1 aromatic rings. The van der Waals surface area contributed by atoms with E-state index in [0.717, 1.165) is 5.56 Å². The van der Waals surface area contributed by atoms with E-state index in [1.165, 1.54) is 6.07 Å². The van der Waals surface area contributed by atoms with Gasteiger partial charge < -0.3 is 10.4 Å². The summed E-state index contributed by atoms with van der Waals surface area (Å²) >= 11 is 0. The minimum Gasteiger partial charge on any atom is -0.394 e. The number of nitro benzene ring substituents is 1. The molecule has 5 heteroatoms. The van der Waals surface area contributed by atoms with E-state index in [1.54, 1.807) is 26.0 Å². The maximum absolute atomic E-state index is 10.7. The van der Waals surface area contributed by atoms with Crippen molar-refractivity contribution in [2.24, 2.45) is 0 Å². The van der Waals surface area contributed by atoms with Crippen LogP contribution in [0, 0.1) is 17.0 Å². The predicted molar refractivity (Wildman–Crippen MR) is 58.0 cm³/mol. The van der Waals surface area contributed by atoms with Gasteiger partial charge in [0.15, 0.2) is 0 Å². The minimum absolute atomic E-state index is 0.0373. The van der Waals surface area contributed by atoms with Gasteiger partial charge in [0, 0.05) is 12.1 Å². The van der Waals surface area contributed by atoms with E-state index in [0.29, 0.717) is 5.69 Å². The average Bonchev–Trinajstić information content (AvgIpc) is 2.20. The first-order chi connectivity index (χ1) is 7.04. The summed E-state index contributed by atoms with van der Waals surface area (Å²) < 4.78 is 0. The van der Waals surface area contributed by atoms with Crippen LogP contribution in [0.15, 0.2) is 18.2 Å². The number of nitrogens with one attached hydrogen (secondary N) is 1. The standard InChI is InChI=1S/C10H14N2O3/c1-7-3-4-9(11-8(2)6-13)10(5-7)12(14)15/h3-5,8,11,13H,6H2,1-2H3. The Hall–Kier alpha value is -1.62. The lowest BCUT2D eigenvalue weighted by Gasteiger charge is -2.12. The van der Waals surface area contributed by atoms with Crippen molar-refractivity contribution in [3.05, 3.63) is 33.9 Å². The quantitative estimate of drug-likeness (QED) is 0.585. The van der Waals surface area contributed by atoms with Crippen molar-refractivity contribution in [1.82, 2.24) is 0 Å². The number of hydrogen-bond acceptors (Lipinski definition) is 4. The Morgan fingerprint density at radius 3 is 2.80 bits per heavy atom. The van der Waals surface area contributed by atoms with E-state index in [1.807, 2.05) is 0 Å². The molecule has 15 heavy (non-hydrogen) atoms. The number of nitrogens with zero attached hydrogens (tertiary/aromatic N) is 1. The number of benzene rings is 1. The summed E-state index contributed by atoms with van der Waals surface area (Å²) in [7, 11) is 0. The largest absolute Gasteiger partial charge is 0.394 e. The van der Waals surface area contributed by atoms with E-state index in [-0.39, 0.29) is 18.3 Å². The second-order valence-corrected chi connectivity index (χ2v) is 3.51. The van der Waals surface area contributed by atoms with Gasteiger partial charge in [0.05, 0.1) is 11.5 Å². The molecule has 0 saturated carbocycles. The lowest BCUT2D eigenvalue weighted by Crippen LogP contribution is -2.19. The Kier molecular flexibility index (Phi) is 3.62. The lowest BCUT2D eigenvalue weighted by molar-refractivity contribution is -0.384. The number of aliphatic hydroxyl groups excluding tert-OH is 1. The van der Waals surface area contributed by atoms with Crippen molar-refractivity contribution in [2.45, 2.75) is 19.9 Å². The van der Waals surface area contributed by atoms with E-state index < -0.39 is 4.92 Å². The molecule has 0 aliphatic heterocycles. The van der Waals surface area contributed by atoms with Crippen molar-refractivity contribution >= 4 is 11.4 Å². The summed E-state index contributed by atoms with van der Waals surface area (Å²) in [5, 5.41) is 22.5. The third kappa shape index (κ3) is 2.92. The molecular formula is C10H14N2O3. The molecule has 1 rings (SSSR count). The zero-order chi connectivity index (χ0) is 11.4. The van der Waals surface area contributed by atoms with Gasteiger partial charge in [0.2, 0.25) is 0 Å². The third-order valence-corrected chi connectivity index (χ3v) is 2.03. The van der Waals surface area contributed by atoms with Crippen LogP contribution in [-0.2, 0) is 0 Å². The zero-order valence-electron chi connectivity index (χ0n) is 8.73. The molecule has 0 aliphatic carbocycles. The van der Waals surface area contributed by atoms with Crippen LogP contribution in [0.4, 0.5) is 11.4 Å². The van der Waals surface area contributed by atoms with Gasteiger partial charge in [-0.05, 0) is 25.5 Å². The van der Waals surface area contributed by atoms with E-state index in [4.69, 9.17) is 5.11 Å². The fraction of sp³-hybridized carbons (Fsp3) is 0.400. The molecule has 1 unspecified atom stereocenters. The molecule has 1 atom stereocenters. The van der Waals surface area contributed by atoms with Gasteiger partial charge >= 0.3 is 0 Å². The number of aliphatic hydroxyl groups is 1. The highest BCUT2D eigenvalue weighted by atomic mass is 16.6. The smallest absolute Gasteiger partial charge is 0.292 e. The maximum Gasteiger partial charge on any atom is 0.292 e. The first-order valence-electron chi connectivity index (χ1n) is 4.67. The van der Waals surface area contributed by atoms with Gasteiger partial charge in [-0.1, -0.05) is 6.07 Å². The highest BCUT2D eigenvalue weighted by Gasteiger charge is 2.14. The van der Waals surface area contributed by atoms with Crippen LogP contribution in [-0.4, -0.2) is 22.7 Å². The van der Waals surface area contributed by atoms with E-state index >= 15 is 0 Å². The van der Waals surface area contributed by atoms with Crippen LogP contribution in [0.1, 0.15) is 12.5 Å². The summed E-state index contributed by atoms with van der Waals surface area (Å²) in [6.45, 7) is 3.49. The molecule has 0 radical (unpaired) electrons. The summed E-state index contributed by atoms with van der Waals surface area (Å²) in [4.78, 5) is 10.3. The van der Waals surface area contributed by atoms with Gasteiger partial charge in [-0.2, -0.15) is 0 Å². The topological polar surface area (TPSA) is 75.4 Å². The van der Waals surface area contributed by atoms with Crippen molar-refractivity contribution in [1.29, 1.82) is 0 Å². The Morgan fingerprint density at radius 1 is 1.60 bits per heavy atom. The second-order valence-electron chi connectivity index (χ2n) is 3.51. The molecule has 0 bridgehead atoms. The number of rotatable bonds is 4. The molecule has 0 aliphatic rings. The summed E-state index contributed by atoms with van der Waals surface area (Å²) in [6.07, 6.45) is 0. The fourth-order valence-corrected chi connectivity index (χ4v) is 1.23. The molecule has 0 fully saturated rings. The molecule has 0 aromatic heterocycles. The van der Waals surface area contributed by atoms with Crippen LogP contribution in [0.2, 0.25) is 0 Å². The number of nitro groups is 1. The molecule has 0 saturated heterocycles. The van der Waals surface area contributed by atoms with Crippen molar-refractivity contribution < 1.29 is 10.0 Å². The Morgan fingerprint density at radius 2 is 2.27 bits per heavy atom. The van der Waals surface area contributed by atoms with Gasteiger partial charge in [-0.25, -0.2) is 0 Å². The molecule has 1 aromatic carbocycles. The average molecular weight is 210 g/mol. The van der Waals surface area contributed by atoms with Crippen LogP contribution in [0.3, 0.4) is 0 Å². The Labute approximate surface area is 87.9 Å². The molecular weight excluding hydrogens is 196 g/mol. The maximum atomic E-state index is 10.7. The number of hydrogen-bond donors (Lipinski definition) is 2. The molecule has 0 spiro atoms. The molecule has 0 amide bonds. The zero-order valence-corrected chi connectivity index (χ0v) is 8.73. The van der Waals surface area contributed by atoms with E-state index in [2.05, 4.69) is 5.32 Å². The molecule has 82 valence electrons. The number of aryl methyl sites for hydroxylation is 1. The Bertz CT molecular complexity index is 366. The molecule has 2 N–H and O–H groups in total. The summed E-state index contributed by atoms with van der Waals surface area (Å²) in [5.41, 5.74) is 1.31. The van der Waals surface area contributed by atoms with Crippen LogP contribution >= 0.6 is 0 Å². The number of anilines is 1. The fourth-order valence-electron chi connectivity index (χ4n) is 1.23. The third-order valence-electron chi connectivity index (χ3n) is 2.03. The minimum atomic E-state index is -0.431.